The summed E-state index contributed by atoms with van der Waals surface area (Å²) in [6, 6.07) is 13.0. The van der Waals surface area contributed by atoms with Crippen LogP contribution in [0.3, 0.4) is 0 Å². The number of halogens is 2. The number of hydrogen-bond donors (Lipinski definition) is 1. The van der Waals surface area contributed by atoms with Crippen molar-refractivity contribution in [1.82, 2.24) is 4.90 Å². The van der Waals surface area contributed by atoms with Crippen LogP contribution in [0.4, 0.5) is 0 Å². The molecular weight excluding hydrogens is 409 g/mol. The first-order valence-electron chi connectivity index (χ1n) is 9.79. The van der Waals surface area contributed by atoms with E-state index in [1.165, 1.54) is 0 Å². The number of hydrogen-bond acceptors (Lipinski definition) is 3. The first-order valence-corrected chi connectivity index (χ1v) is 10.5. The predicted molar refractivity (Wildman–Crippen MR) is 114 cm³/mol. The standard InChI is InChI=1S/C23H21Cl2NO3/c24-16-10-6-14(7-11-16)20-19(21(27)15-8-12-17(25)13-9-15)22(28)23(29)26(20)18-4-2-1-3-5-18/h6-13,18,20,27H,1-5H2/b21-19-. The van der Waals surface area contributed by atoms with E-state index in [2.05, 4.69) is 0 Å². The van der Waals surface area contributed by atoms with E-state index in [9.17, 15) is 14.7 Å². The molecule has 1 saturated carbocycles. The van der Waals surface area contributed by atoms with Gasteiger partial charge in [0.25, 0.3) is 11.7 Å². The fourth-order valence-corrected chi connectivity index (χ4v) is 4.57. The van der Waals surface area contributed by atoms with Crippen molar-refractivity contribution in [2.24, 2.45) is 0 Å². The number of rotatable bonds is 3. The average Bonchev–Trinajstić information content (AvgIpc) is 3.00. The molecule has 2 aromatic rings. The van der Waals surface area contributed by atoms with E-state index in [1.54, 1.807) is 41.3 Å². The Bertz CT molecular complexity index is 961. The Morgan fingerprint density at radius 2 is 1.41 bits per heavy atom. The number of amides is 1. The zero-order valence-electron chi connectivity index (χ0n) is 15.8. The summed E-state index contributed by atoms with van der Waals surface area (Å²) >= 11 is 12.0. The first kappa shape index (κ1) is 20.0. The smallest absolute Gasteiger partial charge is 0.295 e. The molecule has 0 spiro atoms. The lowest BCUT2D eigenvalue weighted by atomic mass is 9.91. The molecule has 1 amide bonds. The van der Waals surface area contributed by atoms with Crippen molar-refractivity contribution in [1.29, 1.82) is 0 Å². The number of likely N-dealkylation sites (tertiary alicyclic amines) is 1. The van der Waals surface area contributed by atoms with Gasteiger partial charge in [-0.3, -0.25) is 9.59 Å². The van der Waals surface area contributed by atoms with Gasteiger partial charge < -0.3 is 10.0 Å². The normalized spacial score (nSPS) is 22.3. The Kier molecular flexibility index (Phi) is 5.66. The molecule has 2 aliphatic rings. The summed E-state index contributed by atoms with van der Waals surface area (Å²) in [4.78, 5) is 27.7. The van der Waals surface area contributed by atoms with Gasteiger partial charge in [-0.2, -0.15) is 0 Å². The van der Waals surface area contributed by atoms with E-state index in [0.717, 1.165) is 37.7 Å². The molecular formula is C23H21Cl2NO3. The second-order valence-electron chi connectivity index (χ2n) is 7.56. The number of benzene rings is 2. The quantitative estimate of drug-likeness (QED) is 0.383. The molecule has 29 heavy (non-hydrogen) atoms. The lowest BCUT2D eigenvalue weighted by molar-refractivity contribution is -0.141. The minimum absolute atomic E-state index is 0.0172. The van der Waals surface area contributed by atoms with Crippen LogP contribution in [-0.4, -0.2) is 27.7 Å². The number of aliphatic hydroxyl groups excluding tert-OH is 1. The Morgan fingerprint density at radius 1 is 0.862 bits per heavy atom. The van der Waals surface area contributed by atoms with Gasteiger partial charge in [-0.15, -0.1) is 0 Å². The number of carbonyl (C=O) groups excluding carboxylic acids is 2. The van der Waals surface area contributed by atoms with Gasteiger partial charge in [-0.25, -0.2) is 0 Å². The van der Waals surface area contributed by atoms with Crippen LogP contribution in [0, 0.1) is 0 Å². The zero-order chi connectivity index (χ0) is 20.5. The Balaban J connectivity index is 1.86. The molecule has 1 unspecified atom stereocenters. The van der Waals surface area contributed by atoms with Gasteiger partial charge in [-0.1, -0.05) is 54.6 Å². The number of ketones is 1. The minimum Gasteiger partial charge on any atom is -0.507 e. The van der Waals surface area contributed by atoms with Gasteiger partial charge >= 0.3 is 0 Å². The van der Waals surface area contributed by atoms with E-state index >= 15 is 0 Å². The van der Waals surface area contributed by atoms with Crippen LogP contribution in [0.5, 0.6) is 0 Å². The SMILES string of the molecule is O=C1C(=O)N(C2CCCCC2)C(c2ccc(Cl)cc2)/C1=C(/O)c1ccc(Cl)cc1. The molecule has 150 valence electrons. The summed E-state index contributed by atoms with van der Waals surface area (Å²) in [6.07, 6.45) is 4.91. The van der Waals surface area contributed by atoms with Crippen LogP contribution in [-0.2, 0) is 9.59 Å². The van der Waals surface area contributed by atoms with E-state index < -0.39 is 17.7 Å². The Hall–Kier alpha value is -2.30. The fraction of sp³-hybridized carbons (Fsp3) is 0.304. The number of aliphatic hydroxyl groups is 1. The van der Waals surface area contributed by atoms with Crippen LogP contribution < -0.4 is 0 Å². The second kappa shape index (κ2) is 8.21. The van der Waals surface area contributed by atoms with Crippen molar-refractivity contribution in [3.05, 3.63) is 75.3 Å². The third-order valence-electron chi connectivity index (χ3n) is 5.75. The summed E-state index contributed by atoms with van der Waals surface area (Å²) in [6.45, 7) is 0. The van der Waals surface area contributed by atoms with Crippen LogP contribution in [0.2, 0.25) is 10.0 Å². The monoisotopic (exact) mass is 429 g/mol. The van der Waals surface area contributed by atoms with Crippen molar-refractivity contribution >= 4 is 40.7 Å². The van der Waals surface area contributed by atoms with Crippen molar-refractivity contribution in [3.63, 3.8) is 0 Å². The molecule has 1 aliphatic heterocycles. The van der Waals surface area contributed by atoms with E-state index in [1.807, 2.05) is 12.1 Å². The van der Waals surface area contributed by atoms with Crippen molar-refractivity contribution in [2.75, 3.05) is 0 Å². The van der Waals surface area contributed by atoms with Crippen LogP contribution in [0.1, 0.15) is 49.3 Å². The summed E-state index contributed by atoms with van der Waals surface area (Å²) in [5.74, 6) is -1.38. The lowest BCUT2D eigenvalue weighted by Gasteiger charge is -2.35. The molecule has 2 aromatic carbocycles. The maximum atomic E-state index is 13.0. The Morgan fingerprint density at radius 3 is 2.00 bits per heavy atom. The van der Waals surface area contributed by atoms with Gasteiger partial charge in [0.05, 0.1) is 11.6 Å². The third-order valence-corrected chi connectivity index (χ3v) is 6.26. The summed E-state index contributed by atoms with van der Waals surface area (Å²) in [7, 11) is 0. The van der Waals surface area contributed by atoms with E-state index in [0.29, 0.717) is 15.6 Å². The van der Waals surface area contributed by atoms with Gasteiger partial charge in [0.2, 0.25) is 0 Å². The van der Waals surface area contributed by atoms with Crippen LogP contribution in [0.25, 0.3) is 5.76 Å². The molecule has 1 atom stereocenters. The molecule has 1 saturated heterocycles. The summed E-state index contributed by atoms with van der Waals surface area (Å²) in [5, 5.41) is 12.1. The minimum atomic E-state index is -0.650. The fourth-order valence-electron chi connectivity index (χ4n) is 4.32. The van der Waals surface area contributed by atoms with Crippen LogP contribution in [0.15, 0.2) is 54.1 Å². The van der Waals surface area contributed by atoms with Gasteiger partial charge in [-0.05, 0) is 54.8 Å². The van der Waals surface area contributed by atoms with E-state index in [4.69, 9.17) is 23.2 Å². The Labute approximate surface area is 179 Å². The van der Waals surface area contributed by atoms with Crippen molar-refractivity contribution < 1.29 is 14.7 Å². The molecule has 1 aliphatic carbocycles. The molecule has 0 bridgehead atoms. The first-order chi connectivity index (χ1) is 14.0. The van der Waals surface area contributed by atoms with Gasteiger partial charge in [0.15, 0.2) is 0 Å². The predicted octanol–water partition coefficient (Wildman–Crippen LogP) is 5.75. The highest BCUT2D eigenvalue weighted by molar-refractivity contribution is 6.46. The van der Waals surface area contributed by atoms with E-state index in [-0.39, 0.29) is 17.4 Å². The highest BCUT2D eigenvalue weighted by Gasteiger charge is 2.48. The number of nitrogens with zero attached hydrogens (tertiary/aromatic N) is 1. The molecule has 2 fully saturated rings. The zero-order valence-corrected chi connectivity index (χ0v) is 17.3. The van der Waals surface area contributed by atoms with Gasteiger partial charge in [0.1, 0.15) is 5.76 Å². The molecule has 1 N–H and O–H groups in total. The molecule has 4 rings (SSSR count). The highest BCUT2D eigenvalue weighted by Crippen LogP contribution is 2.43. The number of carbonyl (C=O) groups is 2. The lowest BCUT2D eigenvalue weighted by Crippen LogP contribution is -2.40. The molecule has 0 aromatic heterocycles. The maximum Gasteiger partial charge on any atom is 0.295 e. The van der Waals surface area contributed by atoms with Crippen LogP contribution >= 0.6 is 23.2 Å². The third kappa shape index (κ3) is 3.79. The largest absolute Gasteiger partial charge is 0.507 e. The summed E-state index contributed by atoms with van der Waals surface area (Å²) in [5.41, 5.74) is 1.33. The van der Waals surface area contributed by atoms with Gasteiger partial charge in [0, 0.05) is 21.7 Å². The van der Waals surface area contributed by atoms with Crippen molar-refractivity contribution in [3.8, 4) is 0 Å². The highest BCUT2D eigenvalue weighted by atomic mass is 35.5. The average molecular weight is 430 g/mol. The second-order valence-corrected chi connectivity index (χ2v) is 8.43. The molecule has 1 heterocycles. The van der Waals surface area contributed by atoms with Crippen molar-refractivity contribution in [2.45, 2.75) is 44.2 Å². The molecule has 4 nitrogen and oxygen atoms in total. The summed E-state index contributed by atoms with van der Waals surface area (Å²) < 4.78 is 0. The molecule has 6 heteroatoms. The maximum absolute atomic E-state index is 13.0. The topological polar surface area (TPSA) is 57.6 Å². The molecule has 0 radical (unpaired) electrons. The number of Topliss-reactive ketones (excluding diaryl/α,β-unsaturated/α-hetero) is 1.